The molecule has 4 unspecified atom stereocenters. The molecule has 4 atom stereocenters. The number of carbonyl (C=O) groups is 2. The van der Waals surface area contributed by atoms with Crippen molar-refractivity contribution in [2.24, 2.45) is 5.41 Å². The van der Waals surface area contributed by atoms with Crippen LogP contribution in [0.3, 0.4) is 0 Å². The van der Waals surface area contributed by atoms with Crippen molar-refractivity contribution < 1.29 is 24.5 Å². The van der Waals surface area contributed by atoms with Crippen LogP contribution in [-0.2, 0) is 13.0 Å². The maximum atomic E-state index is 14.5. The quantitative estimate of drug-likeness (QED) is 0.124. The van der Waals surface area contributed by atoms with Crippen LogP contribution in [-0.4, -0.2) is 45.2 Å². The van der Waals surface area contributed by atoms with Crippen molar-refractivity contribution in [3.63, 3.8) is 0 Å². The Balaban J connectivity index is 1.20. The number of ether oxygens (including phenoxy) is 1. The summed E-state index contributed by atoms with van der Waals surface area (Å²) < 4.78 is 6.18. The first kappa shape index (κ1) is 38.8. The third kappa shape index (κ3) is 7.94. The second-order valence-corrected chi connectivity index (χ2v) is 17.8. The molecule has 0 spiro atoms. The molecule has 6 aromatic rings. The van der Waals surface area contributed by atoms with Gasteiger partial charge in [-0.1, -0.05) is 104 Å². The Hall–Kier alpha value is -5.08. The molecule has 0 aliphatic heterocycles. The normalized spacial score (nSPS) is 22.5. The standard InChI is InChI=1S/C50H51NO5S/c1-33-10-9-26-49(3)45(43-23-19-35(28-40(52)21-17-33)29-44(43)47(53)46-24-18-34(2)57-46)25-27-50(49,55)32-51(31-39-15-8-14-37-12-6-7-16-42(37)39)48(54)56-41-22-20-36-11-4-5-13-38(36)30-41/h4-8,10-16,18-20,22-24,29-30,40,45,52,55H,9,17,21,25-28,31-32H2,1-3H3. The SMILES string of the molecule is CC1=CCCC2(C)C(CCC2(O)CN(Cc2cccc3ccccc23)C(=O)Oc2ccc3ccccc3c2)c2ccc(cc2C(=O)c2ccc(C)s2)CC(O)CC1. The van der Waals surface area contributed by atoms with E-state index in [0.717, 1.165) is 49.5 Å². The molecule has 5 aromatic carbocycles. The first-order valence-corrected chi connectivity index (χ1v) is 21.0. The Labute approximate surface area is 339 Å². The molecule has 1 amide bonds. The molecule has 1 fully saturated rings. The molecule has 292 valence electrons. The second kappa shape index (κ2) is 16.0. The lowest BCUT2D eigenvalue weighted by Gasteiger charge is -2.46. The molecule has 6 nitrogen and oxygen atoms in total. The first-order valence-electron chi connectivity index (χ1n) is 20.2. The molecule has 0 radical (unpaired) electrons. The first-order chi connectivity index (χ1) is 27.5. The molecule has 1 heterocycles. The molecule has 7 heteroatoms. The zero-order chi connectivity index (χ0) is 39.7. The number of ketones is 1. The minimum absolute atomic E-state index is 0.0309. The third-order valence-electron chi connectivity index (χ3n) is 12.8. The summed E-state index contributed by atoms with van der Waals surface area (Å²) in [5.74, 6) is 0.241. The summed E-state index contributed by atoms with van der Waals surface area (Å²) in [4.78, 5) is 32.4. The Morgan fingerprint density at radius 2 is 1.61 bits per heavy atom. The van der Waals surface area contributed by atoms with Crippen LogP contribution < -0.4 is 4.74 Å². The topological polar surface area (TPSA) is 87.1 Å². The fourth-order valence-corrected chi connectivity index (χ4v) is 10.2. The van der Waals surface area contributed by atoms with E-state index in [2.05, 4.69) is 50.3 Å². The van der Waals surface area contributed by atoms with Crippen molar-refractivity contribution in [2.75, 3.05) is 6.54 Å². The number of benzene rings is 5. The molecular formula is C50H51NO5S. The Kier molecular flexibility index (Phi) is 10.9. The Morgan fingerprint density at radius 1 is 0.842 bits per heavy atom. The summed E-state index contributed by atoms with van der Waals surface area (Å²) in [6.07, 6.45) is 5.50. The molecule has 57 heavy (non-hydrogen) atoms. The van der Waals surface area contributed by atoms with Crippen molar-refractivity contribution in [1.82, 2.24) is 4.90 Å². The van der Waals surface area contributed by atoms with Gasteiger partial charge in [0.2, 0.25) is 5.78 Å². The van der Waals surface area contributed by atoms with Gasteiger partial charge in [0, 0.05) is 22.4 Å². The van der Waals surface area contributed by atoms with Gasteiger partial charge in [-0.2, -0.15) is 0 Å². The fourth-order valence-electron chi connectivity index (χ4n) is 9.42. The number of amides is 1. The lowest BCUT2D eigenvalue weighted by Crippen LogP contribution is -2.54. The van der Waals surface area contributed by atoms with Gasteiger partial charge in [-0.25, -0.2) is 4.79 Å². The lowest BCUT2D eigenvalue weighted by atomic mass is 9.64. The van der Waals surface area contributed by atoms with E-state index in [9.17, 15) is 19.8 Å². The van der Waals surface area contributed by atoms with E-state index in [0.29, 0.717) is 54.7 Å². The van der Waals surface area contributed by atoms with Crippen molar-refractivity contribution in [2.45, 2.75) is 89.9 Å². The third-order valence-corrected chi connectivity index (χ3v) is 13.8. The molecule has 1 saturated carbocycles. The number of aliphatic hydroxyl groups is 2. The summed E-state index contributed by atoms with van der Waals surface area (Å²) >= 11 is 1.49. The van der Waals surface area contributed by atoms with E-state index in [4.69, 9.17) is 4.74 Å². The van der Waals surface area contributed by atoms with Gasteiger partial charge in [-0.3, -0.25) is 4.79 Å². The number of nitrogens with zero attached hydrogens (tertiary/aromatic N) is 1. The summed E-state index contributed by atoms with van der Waals surface area (Å²) in [7, 11) is 0. The van der Waals surface area contributed by atoms with Crippen LogP contribution >= 0.6 is 11.3 Å². The van der Waals surface area contributed by atoms with Crippen LogP contribution in [0.4, 0.5) is 4.79 Å². The molecule has 0 saturated heterocycles. The van der Waals surface area contributed by atoms with Crippen LogP contribution in [0, 0.1) is 12.3 Å². The highest BCUT2D eigenvalue weighted by molar-refractivity contribution is 7.14. The number of hydrogen-bond donors (Lipinski definition) is 2. The average Bonchev–Trinajstić information content (AvgIpc) is 3.75. The van der Waals surface area contributed by atoms with E-state index in [1.165, 1.54) is 16.9 Å². The van der Waals surface area contributed by atoms with Crippen molar-refractivity contribution >= 4 is 44.8 Å². The van der Waals surface area contributed by atoms with E-state index >= 15 is 0 Å². The number of carbonyl (C=O) groups excluding carboxylic acids is 2. The van der Waals surface area contributed by atoms with Gasteiger partial charge in [0.25, 0.3) is 0 Å². The number of fused-ring (bicyclic) bond motifs is 10. The molecule has 2 bridgehead atoms. The van der Waals surface area contributed by atoms with Crippen LogP contribution in [0.1, 0.15) is 95.1 Å². The summed E-state index contributed by atoms with van der Waals surface area (Å²) in [6, 6.07) is 37.9. The van der Waals surface area contributed by atoms with Gasteiger partial charge in [-0.05, 0) is 133 Å². The van der Waals surface area contributed by atoms with E-state index in [1.54, 1.807) is 4.90 Å². The largest absolute Gasteiger partial charge is 0.415 e. The van der Waals surface area contributed by atoms with Crippen LogP contribution in [0.25, 0.3) is 21.5 Å². The minimum atomic E-state index is -1.32. The zero-order valence-corrected chi connectivity index (χ0v) is 33.9. The Bertz CT molecular complexity index is 2480. The van der Waals surface area contributed by atoms with Gasteiger partial charge < -0.3 is 19.8 Å². The van der Waals surface area contributed by atoms with Crippen molar-refractivity contribution in [3.8, 4) is 5.75 Å². The monoisotopic (exact) mass is 777 g/mol. The number of rotatable bonds is 7. The van der Waals surface area contributed by atoms with Gasteiger partial charge >= 0.3 is 6.09 Å². The van der Waals surface area contributed by atoms with Crippen LogP contribution in [0.2, 0.25) is 0 Å². The molecule has 2 N–H and O–H groups in total. The molecular weight excluding hydrogens is 727 g/mol. The predicted molar refractivity (Wildman–Crippen MR) is 230 cm³/mol. The smallest absolute Gasteiger partial charge is 0.410 e. The van der Waals surface area contributed by atoms with Crippen LogP contribution in [0.5, 0.6) is 5.75 Å². The summed E-state index contributed by atoms with van der Waals surface area (Å²) in [5, 5.41) is 28.5. The number of aryl methyl sites for hydroxylation is 1. The van der Waals surface area contributed by atoms with Crippen molar-refractivity contribution in [3.05, 3.63) is 159 Å². The number of allylic oxidation sites excluding steroid dienone is 2. The number of aliphatic hydroxyl groups excluding tert-OH is 1. The van der Waals surface area contributed by atoms with Gasteiger partial charge in [0.1, 0.15) is 5.75 Å². The fraction of sp³-hybridized carbons (Fsp3) is 0.320. The molecule has 1 aromatic heterocycles. The lowest BCUT2D eigenvalue weighted by molar-refractivity contribution is -0.0801. The number of thiophene rings is 1. The predicted octanol–water partition coefficient (Wildman–Crippen LogP) is 11.3. The zero-order valence-electron chi connectivity index (χ0n) is 33.0. The van der Waals surface area contributed by atoms with Gasteiger partial charge in [0.05, 0.1) is 23.1 Å². The molecule has 9 rings (SSSR count). The summed E-state index contributed by atoms with van der Waals surface area (Å²) in [5.41, 5.74) is 2.60. The van der Waals surface area contributed by atoms with Gasteiger partial charge in [-0.15, -0.1) is 11.3 Å². The van der Waals surface area contributed by atoms with Crippen molar-refractivity contribution in [1.29, 1.82) is 0 Å². The highest BCUT2D eigenvalue weighted by Crippen LogP contribution is 2.59. The highest BCUT2D eigenvalue weighted by atomic mass is 32.1. The maximum absolute atomic E-state index is 14.5. The Morgan fingerprint density at radius 3 is 2.42 bits per heavy atom. The minimum Gasteiger partial charge on any atom is -0.410 e. The summed E-state index contributed by atoms with van der Waals surface area (Å²) in [6.45, 7) is 6.57. The van der Waals surface area contributed by atoms with Crippen LogP contribution in [0.15, 0.2) is 127 Å². The average molecular weight is 778 g/mol. The highest BCUT2D eigenvalue weighted by Gasteiger charge is 2.58. The second-order valence-electron chi connectivity index (χ2n) is 16.6. The number of hydrogen-bond acceptors (Lipinski definition) is 6. The van der Waals surface area contributed by atoms with E-state index in [-0.39, 0.29) is 24.8 Å². The van der Waals surface area contributed by atoms with E-state index < -0.39 is 23.2 Å². The van der Waals surface area contributed by atoms with Gasteiger partial charge in [0.15, 0.2) is 0 Å². The van der Waals surface area contributed by atoms with E-state index in [1.807, 2.05) is 91.9 Å². The molecule has 3 aliphatic carbocycles. The maximum Gasteiger partial charge on any atom is 0.415 e. The molecule has 3 aliphatic rings.